The van der Waals surface area contributed by atoms with Gasteiger partial charge in [0, 0.05) is 25.5 Å². The zero-order chi connectivity index (χ0) is 22.6. The number of fused-ring (bicyclic) bond motifs is 3. The zero-order valence-corrected chi connectivity index (χ0v) is 18.7. The molecule has 0 saturated carbocycles. The van der Waals surface area contributed by atoms with Gasteiger partial charge in [-0.05, 0) is 49.9 Å². The number of nitrogens with zero attached hydrogens (tertiary/aromatic N) is 5. The van der Waals surface area contributed by atoms with E-state index in [0.29, 0.717) is 29.9 Å². The minimum Gasteiger partial charge on any atom is -0.283 e. The molecule has 0 unspecified atom stereocenters. The monoisotopic (exact) mass is 427 g/mol. The summed E-state index contributed by atoms with van der Waals surface area (Å²) < 4.78 is 6.64. The summed E-state index contributed by atoms with van der Waals surface area (Å²) in [6, 6.07) is 16.0. The van der Waals surface area contributed by atoms with Crippen molar-refractivity contribution in [1.82, 2.24) is 23.1 Å². The molecule has 0 radical (unpaired) electrons. The highest BCUT2D eigenvalue weighted by Gasteiger charge is 2.21. The van der Waals surface area contributed by atoms with E-state index in [4.69, 9.17) is 4.98 Å². The molecule has 5 aromatic rings. The highest BCUT2D eigenvalue weighted by Crippen LogP contribution is 2.24. The maximum Gasteiger partial charge on any atom is 0.332 e. The van der Waals surface area contributed by atoms with Crippen LogP contribution in [0.15, 0.2) is 64.3 Å². The molecule has 7 nitrogen and oxygen atoms in total. The summed E-state index contributed by atoms with van der Waals surface area (Å²) in [5.41, 5.74) is 5.54. The summed E-state index contributed by atoms with van der Waals surface area (Å²) in [5, 5.41) is 0. The van der Waals surface area contributed by atoms with Gasteiger partial charge in [-0.2, -0.15) is 4.98 Å². The van der Waals surface area contributed by atoms with Crippen LogP contribution in [0.25, 0.3) is 22.6 Å². The number of hydrogen-bond acceptors (Lipinski definition) is 3. The number of aromatic nitrogens is 5. The lowest BCUT2D eigenvalue weighted by atomic mass is 10.1. The predicted molar refractivity (Wildman–Crippen MR) is 126 cm³/mol. The van der Waals surface area contributed by atoms with Gasteiger partial charge in [0.05, 0.1) is 5.69 Å². The molecule has 0 atom stereocenters. The summed E-state index contributed by atoms with van der Waals surface area (Å²) in [5.74, 6) is 0.624. The number of rotatable bonds is 4. The number of aryl methyl sites for hydroxylation is 4. The van der Waals surface area contributed by atoms with Gasteiger partial charge in [0.25, 0.3) is 5.56 Å². The Labute approximate surface area is 184 Å². The van der Waals surface area contributed by atoms with Crippen molar-refractivity contribution in [3.8, 4) is 5.69 Å². The molecule has 0 aliphatic carbocycles. The second kappa shape index (κ2) is 7.37. The van der Waals surface area contributed by atoms with Crippen molar-refractivity contribution in [3.05, 3.63) is 98.0 Å². The van der Waals surface area contributed by atoms with Gasteiger partial charge < -0.3 is 0 Å². The van der Waals surface area contributed by atoms with Crippen LogP contribution in [0.1, 0.15) is 22.4 Å². The average molecular weight is 428 g/mol. The van der Waals surface area contributed by atoms with Crippen LogP contribution in [0.5, 0.6) is 0 Å². The van der Waals surface area contributed by atoms with E-state index in [9.17, 15) is 9.59 Å². The van der Waals surface area contributed by atoms with Crippen molar-refractivity contribution in [2.75, 3.05) is 0 Å². The lowest BCUT2D eigenvalue weighted by molar-refractivity contribution is 0.602. The SMILES string of the molecule is Cc1cccc(-n2c(C)cn3c4c(=O)n(CCc5ccccc5)c(=O)n(C)c4nc23)c1C. The van der Waals surface area contributed by atoms with E-state index in [1.54, 1.807) is 7.05 Å². The van der Waals surface area contributed by atoms with Gasteiger partial charge >= 0.3 is 5.69 Å². The lowest BCUT2D eigenvalue weighted by Gasteiger charge is -2.11. The number of hydrogen-bond donors (Lipinski definition) is 0. The molecule has 0 N–H and O–H groups in total. The van der Waals surface area contributed by atoms with Crippen LogP contribution in [0.2, 0.25) is 0 Å². The van der Waals surface area contributed by atoms with E-state index in [-0.39, 0.29) is 11.2 Å². The summed E-state index contributed by atoms with van der Waals surface area (Å²) in [4.78, 5) is 31.2. The summed E-state index contributed by atoms with van der Waals surface area (Å²) >= 11 is 0. The lowest BCUT2D eigenvalue weighted by Crippen LogP contribution is -2.39. The maximum atomic E-state index is 13.5. The smallest absolute Gasteiger partial charge is 0.283 e. The molecule has 3 aromatic heterocycles. The fraction of sp³-hybridized carbons (Fsp3) is 0.240. The Morgan fingerprint density at radius 1 is 0.938 bits per heavy atom. The molecule has 32 heavy (non-hydrogen) atoms. The first-order chi connectivity index (χ1) is 15.4. The van der Waals surface area contributed by atoms with Gasteiger partial charge in [-0.15, -0.1) is 0 Å². The van der Waals surface area contributed by atoms with Crippen molar-refractivity contribution in [2.45, 2.75) is 33.7 Å². The normalized spacial score (nSPS) is 11.6. The van der Waals surface area contributed by atoms with E-state index >= 15 is 0 Å². The second-order valence-electron chi connectivity index (χ2n) is 8.31. The van der Waals surface area contributed by atoms with Crippen molar-refractivity contribution in [2.24, 2.45) is 7.05 Å². The minimum atomic E-state index is -0.353. The molecule has 5 rings (SSSR count). The number of imidazole rings is 2. The summed E-state index contributed by atoms with van der Waals surface area (Å²) in [7, 11) is 1.67. The first kappa shape index (κ1) is 20.1. The standard InChI is InChI=1S/C25H25N5O2/c1-16-9-8-12-20(18(16)3)30-17(2)15-29-21-22(26-24(29)30)27(4)25(32)28(23(21)31)14-13-19-10-6-5-7-11-19/h5-12,15H,13-14H2,1-4H3. The van der Waals surface area contributed by atoms with Crippen molar-refractivity contribution in [1.29, 1.82) is 0 Å². The van der Waals surface area contributed by atoms with Crippen LogP contribution in [-0.2, 0) is 20.0 Å². The maximum absolute atomic E-state index is 13.5. The van der Waals surface area contributed by atoms with Gasteiger partial charge in [-0.3, -0.25) is 22.9 Å². The molecule has 2 aromatic carbocycles. The van der Waals surface area contributed by atoms with E-state index < -0.39 is 0 Å². The van der Waals surface area contributed by atoms with Crippen LogP contribution in [0.4, 0.5) is 0 Å². The van der Waals surface area contributed by atoms with Crippen LogP contribution < -0.4 is 11.2 Å². The van der Waals surface area contributed by atoms with E-state index in [1.165, 1.54) is 14.7 Å². The topological polar surface area (TPSA) is 66.2 Å². The van der Waals surface area contributed by atoms with Gasteiger partial charge in [-0.25, -0.2) is 4.79 Å². The van der Waals surface area contributed by atoms with Crippen LogP contribution in [0.3, 0.4) is 0 Å². The Morgan fingerprint density at radius 2 is 1.69 bits per heavy atom. The predicted octanol–water partition coefficient (Wildman–Crippen LogP) is 3.31. The molecule has 0 bridgehead atoms. The Morgan fingerprint density at radius 3 is 2.44 bits per heavy atom. The Hall–Kier alpha value is -3.87. The first-order valence-electron chi connectivity index (χ1n) is 10.7. The molecule has 0 amide bonds. The number of benzene rings is 2. The van der Waals surface area contributed by atoms with Gasteiger partial charge in [0.1, 0.15) is 0 Å². The van der Waals surface area contributed by atoms with Crippen LogP contribution in [0, 0.1) is 20.8 Å². The molecule has 0 aliphatic heterocycles. The summed E-state index contributed by atoms with van der Waals surface area (Å²) in [6.07, 6.45) is 2.52. The molecule has 7 heteroatoms. The van der Waals surface area contributed by atoms with Crippen molar-refractivity contribution >= 4 is 16.9 Å². The molecule has 162 valence electrons. The molecule has 0 aliphatic rings. The van der Waals surface area contributed by atoms with Gasteiger partial charge in [-0.1, -0.05) is 42.5 Å². The molecule has 0 fully saturated rings. The Balaban J connectivity index is 1.74. The first-order valence-corrected chi connectivity index (χ1v) is 10.7. The highest BCUT2D eigenvalue weighted by atomic mass is 16.2. The molecular formula is C25H25N5O2. The third kappa shape index (κ3) is 2.92. The van der Waals surface area contributed by atoms with Gasteiger partial charge in [0.2, 0.25) is 5.78 Å². The fourth-order valence-corrected chi connectivity index (χ4v) is 4.37. The van der Waals surface area contributed by atoms with Crippen LogP contribution >= 0.6 is 0 Å². The Bertz CT molecular complexity index is 1600. The second-order valence-corrected chi connectivity index (χ2v) is 8.31. The van der Waals surface area contributed by atoms with E-state index in [1.807, 2.05) is 64.6 Å². The largest absolute Gasteiger partial charge is 0.332 e. The molecule has 0 saturated heterocycles. The van der Waals surface area contributed by atoms with Crippen molar-refractivity contribution in [3.63, 3.8) is 0 Å². The zero-order valence-electron chi connectivity index (χ0n) is 18.7. The van der Waals surface area contributed by atoms with Crippen molar-refractivity contribution < 1.29 is 0 Å². The molecular weight excluding hydrogens is 402 g/mol. The quantitative estimate of drug-likeness (QED) is 0.442. The van der Waals surface area contributed by atoms with E-state index in [0.717, 1.165) is 22.5 Å². The Kier molecular flexibility index (Phi) is 4.62. The summed E-state index contributed by atoms with van der Waals surface area (Å²) in [6.45, 7) is 6.47. The molecule has 0 spiro atoms. The third-order valence-corrected chi connectivity index (χ3v) is 6.31. The fourth-order valence-electron chi connectivity index (χ4n) is 4.37. The highest BCUT2D eigenvalue weighted by molar-refractivity contribution is 5.76. The third-order valence-electron chi connectivity index (χ3n) is 6.31. The minimum absolute atomic E-state index is 0.315. The van der Waals surface area contributed by atoms with Gasteiger partial charge in [0.15, 0.2) is 11.2 Å². The molecule has 3 heterocycles. The van der Waals surface area contributed by atoms with Crippen LogP contribution in [-0.4, -0.2) is 23.1 Å². The average Bonchev–Trinajstić information content (AvgIpc) is 3.30. The van der Waals surface area contributed by atoms with E-state index in [2.05, 4.69) is 19.9 Å².